The van der Waals surface area contributed by atoms with Gasteiger partial charge >= 0.3 is 0 Å². The zero-order chi connectivity index (χ0) is 7.45. The highest BCUT2D eigenvalue weighted by Crippen LogP contribution is 2.18. The van der Waals surface area contributed by atoms with Gasteiger partial charge in [0.2, 0.25) is 6.28 Å². The summed E-state index contributed by atoms with van der Waals surface area (Å²) in [5, 5.41) is 2.63. The fourth-order valence-corrected chi connectivity index (χ4v) is 2.31. The molecule has 60 valence electrons. The second-order valence-corrected chi connectivity index (χ2v) is 3.91. The normalized spacial score (nSPS) is 24.6. The second kappa shape index (κ2) is 3.43. The third-order valence-electron chi connectivity index (χ3n) is 3.53. The van der Waals surface area contributed by atoms with Crippen molar-refractivity contribution in [3.05, 3.63) is 0 Å². The van der Waals surface area contributed by atoms with E-state index in [0.29, 0.717) is 0 Å². The summed E-state index contributed by atoms with van der Waals surface area (Å²) < 4.78 is 0. The van der Waals surface area contributed by atoms with Gasteiger partial charge in [0, 0.05) is 6.54 Å². The third kappa shape index (κ3) is 1.54. The van der Waals surface area contributed by atoms with Crippen molar-refractivity contribution in [3.63, 3.8) is 0 Å². The molecule has 1 rings (SSSR count). The average molecular weight is 141 g/mol. The van der Waals surface area contributed by atoms with Crippen LogP contribution in [0.15, 0.2) is 0 Å². The monoisotopic (exact) mass is 141 g/mol. The molecule has 0 amide bonds. The fourth-order valence-electron chi connectivity index (χ4n) is 2.31. The molecule has 1 heterocycles. The molecule has 2 N–H and O–H groups in total. The van der Waals surface area contributed by atoms with E-state index in [9.17, 15) is 0 Å². The molecule has 0 unspecified atom stereocenters. The number of hydrogen-bond acceptors (Lipinski definition) is 0. The van der Waals surface area contributed by atoms with Crippen LogP contribution in [0.4, 0.5) is 0 Å². The van der Waals surface area contributed by atoms with Crippen LogP contribution in [0.3, 0.4) is 0 Å². The zero-order valence-corrected chi connectivity index (χ0v) is 7.40. The van der Waals surface area contributed by atoms with Crippen molar-refractivity contribution in [3.8, 4) is 0 Å². The Balaban J connectivity index is 2.44. The summed E-state index contributed by atoms with van der Waals surface area (Å²) in [5.41, 5.74) is 0. The Morgan fingerprint density at radius 3 is 2.20 bits per heavy atom. The maximum atomic E-state index is 2.63. The van der Waals surface area contributed by atoms with Crippen molar-refractivity contribution in [1.29, 1.82) is 0 Å². The minimum atomic E-state index is 0.0104. The Morgan fingerprint density at radius 1 is 1.20 bits per heavy atom. The van der Waals surface area contributed by atoms with Gasteiger partial charge in [-0.15, -0.1) is 19.0 Å². The summed E-state index contributed by atoms with van der Waals surface area (Å²) in [6, 6.07) is 0. The molecule has 0 bridgehead atoms. The molecule has 1 nitrogen and oxygen atoms in total. The lowest BCUT2D eigenvalue weighted by Crippen LogP contribution is -3.01. The second-order valence-electron chi connectivity index (χ2n) is 3.91. The molecule has 1 aliphatic rings. The molecule has 0 atom stereocenters. The zero-order valence-electron chi connectivity index (χ0n) is 7.40. The van der Waals surface area contributed by atoms with Gasteiger partial charge < -0.3 is 5.23 Å². The van der Waals surface area contributed by atoms with Crippen LogP contribution in [0, 0.1) is 0 Å². The Hall–Kier alpha value is 0.0249. The predicted octanol–water partition coefficient (Wildman–Crippen LogP) is 1.33. The van der Waals surface area contributed by atoms with Crippen LogP contribution >= 0.6 is 0 Å². The van der Waals surface area contributed by atoms with Crippen LogP contribution in [0.25, 0.3) is 0 Å². The van der Waals surface area contributed by atoms with Crippen LogP contribution in [0.2, 0.25) is 19.0 Å². The van der Waals surface area contributed by atoms with E-state index in [2.05, 4.69) is 19.1 Å². The molecule has 0 spiro atoms. The molecular weight excluding hydrogens is 121 g/mol. The van der Waals surface area contributed by atoms with Crippen molar-refractivity contribution < 1.29 is 5.23 Å². The Kier molecular flexibility index (Phi) is 2.78. The van der Waals surface area contributed by atoms with Gasteiger partial charge in [0.1, 0.15) is 0 Å². The maximum Gasteiger partial charge on any atom is 0.206 e. The number of nitrogens with two attached hydrogens (primary N) is 1. The summed E-state index contributed by atoms with van der Waals surface area (Å²) in [5.74, 6) is 0. The van der Waals surface area contributed by atoms with Crippen LogP contribution in [-0.4, -0.2) is 12.8 Å². The minimum Gasteiger partial charge on any atom is -0.537 e. The molecule has 0 aromatic heterocycles. The molecule has 2 heteroatoms. The van der Waals surface area contributed by atoms with Crippen molar-refractivity contribution in [1.82, 2.24) is 0 Å². The minimum absolute atomic E-state index is 0.0104. The Bertz CT molecular complexity index is 91.4. The first-order valence-electron chi connectivity index (χ1n) is 4.88. The van der Waals surface area contributed by atoms with Crippen molar-refractivity contribution in [2.24, 2.45) is 0 Å². The van der Waals surface area contributed by atoms with Crippen LogP contribution in [0.5, 0.6) is 0 Å². The van der Waals surface area contributed by atoms with E-state index in [1.54, 1.807) is 0 Å². The van der Waals surface area contributed by atoms with Gasteiger partial charge in [-0.2, -0.15) is 0 Å². The van der Waals surface area contributed by atoms with Gasteiger partial charge in [0.05, 0.1) is 0 Å². The van der Waals surface area contributed by atoms with E-state index in [-0.39, 0.29) is 6.28 Å². The first-order chi connectivity index (χ1) is 4.83. The van der Waals surface area contributed by atoms with Gasteiger partial charge in [0.15, 0.2) is 0 Å². The van der Waals surface area contributed by atoms with E-state index in [1.807, 2.05) is 0 Å². The summed E-state index contributed by atoms with van der Waals surface area (Å²) in [6.45, 7) is 6.10. The molecule has 10 heavy (non-hydrogen) atoms. The molecule has 0 aliphatic carbocycles. The quantitative estimate of drug-likeness (QED) is 0.558. The summed E-state index contributed by atoms with van der Waals surface area (Å²) >= 11 is 0. The summed E-state index contributed by atoms with van der Waals surface area (Å²) in [7, 11) is 0. The summed E-state index contributed by atoms with van der Waals surface area (Å²) in [6.07, 6.45) is 7.28. The summed E-state index contributed by atoms with van der Waals surface area (Å²) in [4.78, 5) is 0. The lowest BCUT2D eigenvalue weighted by atomic mass is 9.28. The lowest BCUT2D eigenvalue weighted by molar-refractivity contribution is -0.538. The van der Waals surface area contributed by atoms with Crippen LogP contribution in [0.1, 0.15) is 26.7 Å². The standard InChI is InChI=1S/C8H20BN/c1-3-9(4-2)7-5-6-8-10-9/h3-8,10H2,1-2H3. The van der Waals surface area contributed by atoms with E-state index in [4.69, 9.17) is 0 Å². The first kappa shape index (κ1) is 8.12. The number of rotatable bonds is 2. The van der Waals surface area contributed by atoms with E-state index < -0.39 is 0 Å². The topological polar surface area (TPSA) is 16.6 Å². The number of quaternary nitrogens is 1. The highest BCUT2D eigenvalue weighted by Gasteiger charge is 2.28. The molecule has 1 aliphatic heterocycles. The maximum absolute atomic E-state index is 2.63. The first-order valence-corrected chi connectivity index (χ1v) is 4.88. The largest absolute Gasteiger partial charge is 0.537 e. The van der Waals surface area contributed by atoms with Gasteiger partial charge in [-0.3, -0.25) is 0 Å². The van der Waals surface area contributed by atoms with Crippen molar-refractivity contribution >= 4 is 6.28 Å². The van der Waals surface area contributed by atoms with Gasteiger partial charge in [-0.25, -0.2) is 0 Å². The van der Waals surface area contributed by atoms with Crippen LogP contribution in [-0.2, 0) is 0 Å². The van der Waals surface area contributed by atoms with Gasteiger partial charge in [0.25, 0.3) is 0 Å². The van der Waals surface area contributed by atoms with Gasteiger partial charge in [-0.05, 0) is 6.42 Å². The van der Waals surface area contributed by atoms with Crippen LogP contribution < -0.4 is 5.23 Å². The highest BCUT2D eigenvalue weighted by molar-refractivity contribution is 6.71. The Labute approximate surface area is 64.5 Å². The SMILES string of the molecule is CC[B-]1(CC)CCCC[NH2+]1. The van der Waals surface area contributed by atoms with E-state index in [0.717, 1.165) is 0 Å². The predicted molar refractivity (Wildman–Crippen MR) is 47.5 cm³/mol. The third-order valence-corrected chi connectivity index (χ3v) is 3.53. The average Bonchev–Trinajstić information content (AvgIpc) is 2.06. The molecule has 0 aromatic rings. The molecule has 0 radical (unpaired) electrons. The smallest absolute Gasteiger partial charge is 0.206 e. The lowest BCUT2D eigenvalue weighted by Gasteiger charge is -2.37. The highest BCUT2D eigenvalue weighted by atomic mass is 14.8. The number of hydrogen-bond donors (Lipinski definition) is 1. The molecule has 0 aromatic carbocycles. The molecular formula is C8H20BN. The Morgan fingerprint density at radius 2 is 1.90 bits per heavy atom. The van der Waals surface area contributed by atoms with E-state index >= 15 is 0 Å². The van der Waals surface area contributed by atoms with Crippen molar-refractivity contribution in [2.75, 3.05) is 6.54 Å². The molecule has 1 saturated heterocycles. The van der Waals surface area contributed by atoms with Crippen molar-refractivity contribution in [2.45, 2.75) is 45.6 Å². The molecule has 1 fully saturated rings. The molecule has 0 saturated carbocycles. The van der Waals surface area contributed by atoms with Gasteiger partial charge in [-0.1, -0.05) is 20.3 Å². The van der Waals surface area contributed by atoms with E-state index in [1.165, 1.54) is 38.3 Å². The fraction of sp³-hybridized carbons (Fsp3) is 1.00.